The molecule has 1 N–H and O–H groups in total. The lowest BCUT2D eigenvalue weighted by atomic mass is 10.1. The molecule has 1 atom stereocenters. The van der Waals surface area contributed by atoms with Crippen LogP contribution in [0.2, 0.25) is 0 Å². The van der Waals surface area contributed by atoms with E-state index >= 15 is 0 Å². The van der Waals surface area contributed by atoms with Crippen LogP contribution >= 0.6 is 15.9 Å². The van der Waals surface area contributed by atoms with E-state index in [0.717, 1.165) is 22.2 Å². The summed E-state index contributed by atoms with van der Waals surface area (Å²) in [4.78, 5) is 14.9. The first-order valence-electron chi connectivity index (χ1n) is 6.39. The largest absolute Gasteiger partial charge is 0.487 e. The van der Waals surface area contributed by atoms with E-state index in [4.69, 9.17) is 14.6 Å². The summed E-state index contributed by atoms with van der Waals surface area (Å²) in [5.74, 6) is -0.00709. The van der Waals surface area contributed by atoms with Crippen molar-refractivity contribution in [2.45, 2.75) is 12.5 Å². The van der Waals surface area contributed by atoms with E-state index in [1.165, 1.54) is 6.20 Å². The summed E-state index contributed by atoms with van der Waals surface area (Å²) in [7, 11) is 0. The molecular weight excluding hydrogens is 338 g/mol. The number of fused-ring (bicyclic) bond motifs is 1. The molecule has 1 aromatic carbocycles. The maximum atomic E-state index is 11.1. The highest BCUT2D eigenvalue weighted by molar-refractivity contribution is 9.10. The number of rotatable bonds is 4. The first kappa shape index (κ1) is 13.9. The quantitative estimate of drug-likeness (QED) is 0.918. The lowest BCUT2D eigenvalue weighted by Crippen LogP contribution is -2.23. The number of aromatic nitrogens is 1. The molecule has 6 heteroatoms. The van der Waals surface area contributed by atoms with Crippen LogP contribution in [0.5, 0.6) is 11.5 Å². The molecule has 5 nitrogen and oxygen atoms in total. The lowest BCUT2D eigenvalue weighted by Gasteiger charge is -2.13. The Balaban J connectivity index is 1.67. The fourth-order valence-corrected chi connectivity index (χ4v) is 2.64. The van der Waals surface area contributed by atoms with E-state index in [9.17, 15) is 4.79 Å². The third-order valence-corrected chi connectivity index (χ3v) is 3.66. The van der Waals surface area contributed by atoms with Gasteiger partial charge in [0.05, 0.1) is 0 Å². The molecular formula is C15H12BrNO4. The first-order valence-corrected chi connectivity index (χ1v) is 7.19. The summed E-state index contributed by atoms with van der Waals surface area (Å²) < 4.78 is 12.3. The van der Waals surface area contributed by atoms with Crippen molar-refractivity contribution >= 4 is 21.9 Å². The van der Waals surface area contributed by atoms with E-state index in [1.807, 2.05) is 18.2 Å². The van der Waals surface area contributed by atoms with Gasteiger partial charge in [0.15, 0.2) is 11.4 Å². The van der Waals surface area contributed by atoms with Crippen LogP contribution in [0, 0.1) is 0 Å². The van der Waals surface area contributed by atoms with Crippen LogP contribution < -0.4 is 9.47 Å². The standard InChI is InChI=1S/C15H12BrNO4/c16-10-3-4-12-9(6-10)7-11(21-12)8-20-13-2-1-5-17-14(13)15(18)19/h1-6,11H,7-8H2,(H,18,19). The predicted molar refractivity (Wildman–Crippen MR) is 79.0 cm³/mol. The second-order valence-electron chi connectivity index (χ2n) is 4.66. The van der Waals surface area contributed by atoms with Crippen LogP contribution in [-0.2, 0) is 6.42 Å². The maximum Gasteiger partial charge on any atom is 0.358 e. The van der Waals surface area contributed by atoms with Crippen molar-refractivity contribution in [3.63, 3.8) is 0 Å². The third-order valence-electron chi connectivity index (χ3n) is 3.16. The number of nitrogens with zero attached hydrogens (tertiary/aromatic N) is 1. The van der Waals surface area contributed by atoms with Gasteiger partial charge in [0.2, 0.25) is 0 Å². The maximum absolute atomic E-state index is 11.1. The molecule has 3 rings (SSSR count). The molecule has 0 saturated carbocycles. The van der Waals surface area contributed by atoms with Crippen LogP contribution in [0.3, 0.4) is 0 Å². The highest BCUT2D eigenvalue weighted by Gasteiger charge is 2.24. The van der Waals surface area contributed by atoms with Gasteiger partial charge in [-0.1, -0.05) is 15.9 Å². The van der Waals surface area contributed by atoms with E-state index in [0.29, 0.717) is 0 Å². The van der Waals surface area contributed by atoms with Crippen LogP contribution in [0.4, 0.5) is 0 Å². The average molecular weight is 350 g/mol. The Kier molecular flexibility index (Phi) is 3.79. The van der Waals surface area contributed by atoms with Crippen molar-refractivity contribution in [3.05, 3.63) is 52.3 Å². The van der Waals surface area contributed by atoms with Gasteiger partial charge in [0.1, 0.15) is 18.5 Å². The molecule has 0 radical (unpaired) electrons. The number of carboxylic acids is 1. The number of hydrogen-bond acceptors (Lipinski definition) is 4. The molecule has 0 spiro atoms. The molecule has 2 heterocycles. The lowest BCUT2D eigenvalue weighted by molar-refractivity contribution is 0.0681. The summed E-state index contributed by atoms with van der Waals surface area (Å²) in [6, 6.07) is 9.08. The molecule has 0 saturated heterocycles. The number of carboxylic acid groups (broad SMARTS) is 1. The SMILES string of the molecule is O=C(O)c1ncccc1OCC1Cc2cc(Br)ccc2O1. The summed E-state index contributed by atoms with van der Waals surface area (Å²) in [6.45, 7) is 0.276. The zero-order valence-corrected chi connectivity index (χ0v) is 12.5. The van der Waals surface area contributed by atoms with Gasteiger partial charge in [-0.05, 0) is 35.9 Å². The monoisotopic (exact) mass is 349 g/mol. The van der Waals surface area contributed by atoms with Gasteiger partial charge in [0.25, 0.3) is 0 Å². The Labute approximate surface area is 129 Å². The van der Waals surface area contributed by atoms with Gasteiger partial charge in [-0.3, -0.25) is 0 Å². The number of ether oxygens (including phenoxy) is 2. The van der Waals surface area contributed by atoms with Crippen molar-refractivity contribution < 1.29 is 19.4 Å². The molecule has 0 amide bonds. The molecule has 0 aliphatic carbocycles. The zero-order chi connectivity index (χ0) is 14.8. The van der Waals surface area contributed by atoms with Gasteiger partial charge in [-0.15, -0.1) is 0 Å². The predicted octanol–water partition coefficient (Wildman–Crippen LogP) is 2.92. The van der Waals surface area contributed by atoms with Crippen LogP contribution in [0.25, 0.3) is 0 Å². The summed E-state index contributed by atoms with van der Waals surface area (Å²) in [5, 5.41) is 9.05. The van der Waals surface area contributed by atoms with Crippen molar-refractivity contribution in [1.82, 2.24) is 4.98 Å². The zero-order valence-electron chi connectivity index (χ0n) is 11.0. The Morgan fingerprint density at radius 1 is 1.48 bits per heavy atom. The Bertz CT molecular complexity index is 689. The van der Waals surface area contributed by atoms with Crippen LogP contribution in [-0.4, -0.2) is 28.8 Å². The highest BCUT2D eigenvalue weighted by atomic mass is 79.9. The number of halogens is 1. The van der Waals surface area contributed by atoms with Crippen LogP contribution in [0.15, 0.2) is 41.0 Å². The van der Waals surface area contributed by atoms with E-state index in [2.05, 4.69) is 20.9 Å². The number of hydrogen-bond donors (Lipinski definition) is 1. The second kappa shape index (κ2) is 5.73. The molecule has 1 unspecified atom stereocenters. The minimum atomic E-state index is -1.11. The Morgan fingerprint density at radius 2 is 2.33 bits per heavy atom. The molecule has 2 aromatic rings. The summed E-state index contributed by atoms with van der Waals surface area (Å²) in [6.07, 6.45) is 2.03. The van der Waals surface area contributed by atoms with Gasteiger partial charge in [-0.2, -0.15) is 0 Å². The normalized spacial score (nSPS) is 16.1. The fourth-order valence-electron chi connectivity index (χ4n) is 2.23. The number of aromatic carboxylic acids is 1. The minimum absolute atomic E-state index is 0.0873. The number of benzene rings is 1. The van der Waals surface area contributed by atoms with Crippen molar-refractivity contribution in [1.29, 1.82) is 0 Å². The summed E-state index contributed by atoms with van der Waals surface area (Å²) in [5.41, 5.74) is 1.03. The molecule has 1 aliphatic heterocycles. The molecule has 108 valence electrons. The van der Waals surface area contributed by atoms with Gasteiger partial charge in [-0.25, -0.2) is 9.78 Å². The molecule has 0 bridgehead atoms. The van der Waals surface area contributed by atoms with Crippen LogP contribution in [0.1, 0.15) is 16.1 Å². The fraction of sp³-hybridized carbons (Fsp3) is 0.200. The smallest absolute Gasteiger partial charge is 0.358 e. The second-order valence-corrected chi connectivity index (χ2v) is 5.58. The van der Waals surface area contributed by atoms with E-state index in [1.54, 1.807) is 12.1 Å². The molecule has 1 aliphatic rings. The van der Waals surface area contributed by atoms with E-state index in [-0.39, 0.29) is 24.2 Å². The van der Waals surface area contributed by atoms with Crippen molar-refractivity contribution in [2.24, 2.45) is 0 Å². The Hall–Kier alpha value is -2.08. The van der Waals surface area contributed by atoms with Gasteiger partial charge >= 0.3 is 5.97 Å². The highest BCUT2D eigenvalue weighted by Crippen LogP contribution is 2.31. The van der Waals surface area contributed by atoms with Gasteiger partial charge < -0.3 is 14.6 Å². The van der Waals surface area contributed by atoms with Gasteiger partial charge in [0, 0.05) is 17.1 Å². The Morgan fingerprint density at radius 3 is 3.14 bits per heavy atom. The molecule has 21 heavy (non-hydrogen) atoms. The molecule has 0 fully saturated rings. The van der Waals surface area contributed by atoms with Crippen molar-refractivity contribution in [2.75, 3.05) is 6.61 Å². The molecule has 1 aromatic heterocycles. The first-order chi connectivity index (χ1) is 10.1. The topological polar surface area (TPSA) is 68.7 Å². The number of carbonyl (C=O) groups is 1. The average Bonchev–Trinajstić information content (AvgIpc) is 2.87. The van der Waals surface area contributed by atoms with E-state index < -0.39 is 5.97 Å². The third kappa shape index (κ3) is 3.00. The summed E-state index contributed by atoms with van der Waals surface area (Å²) >= 11 is 3.43. The minimum Gasteiger partial charge on any atom is -0.487 e. The van der Waals surface area contributed by atoms with Crippen molar-refractivity contribution in [3.8, 4) is 11.5 Å². The number of pyridine rings is 1.